The Labute approximate surface area is 157 Å². The zero-order valence-corrected chi connectivity index (χ0v) is 15.8. The van der Waals surface area contributed by atoms with Crippen LogP contribution in [0.5, 0.6) is 5.75 Å². The SMILES string of the molecule is CC(C)Oc1ccc(/C=N\NC(=O)CSCc2ccc(Cl)cc2)cc1. The number of rotatable bonds is 8. The molecule has 0 saturated carbocycles. The molecule has 0 aliphatic rings. The first kappa shape index (κ1) is 19.3. The minimum atomic E-state index is -0.130. The van der Waals surface area contributed by atoms with Crippen LogP contribution in [-0.2, 0) is 10.5 Å². The Morgan fingerprint density at radius 2 is 1.88 bits per heavy atom. The van der Waals surface area contributed by atoms with Crippen LogP contribution < -0.4 is 10.2 Å². The van der Waals surface area contributed by atoms with Crippen molar-refractivity contribution < 1.29 is 9.53 Å². The number of hydrazone groups is 1. The van der Waals surface area contributed by atoms with Crippen molar-refractivity contribution in [1.29, 1.82) is 0 Å². The fourth-order valence-electron chi connectivity index (χ4n) is 1.96. The van der Waals surface area contributed by atoms with E-state index in [9.17, 15) is 4.79 Å². The highest BCUT2D eigenvalue weighted by molar-refractivity contribution is 7.99. The second-order valence-corrected chi connectivity index (χ2v) is 7.07. The molecule has 1 N–H and O–H groups in total. The van der Waals surface area contributed by atoms with Crippen molar-refractivity contribution in [2.45, 2.75) is 25.7 Å². The van der Waals surface area contributed by atoms with Gasteiger partial charge in [-0.25, -0.2) is 5.43 Å². The van der Waals surface area contributed by atoms with Crippen LogP contribution in [0.15, 0.2) is 53.6 Å². The summed E-state index contributed by atoms with van der Waals surface area (Å²) in [6, 6.07) is 15.1. The van der Waals surface area contributed by atoms with E-state index in [1.807, 2.05) is 62.4 Å². The predicted octanol–water partition coefficient (Wildman–Crippen LogP) is 4.51. The van der Waals surface area contributed by atoms with Crippen molar-refractivity contribution in [3.05, 3.63) is 64.7 Å². The van der Waals surface area contributed by atoms with Crippen molar-refractivity contribution in [3.8, 4) is 5.75 Å². The molecule has 0 radical (unpaired) electrons. The highest BCUT2D eigenvalue weighted by atomic mass is 35.5. The number of amides is 1. The van der Waals surface area contributed by atoms with Crippen LogP contribution in [0.25, 0.3) is 0 Å². The van der Waals surface area contributed by atoms with Gasteiger partial charge in [-0.2, -0.15) is 5.10 Å². The molecule has 0 aliphatic carbocycles. The monoisotopic (exact) mass is 376 g/mol. The van der Waals surface area contributed by atoms with E-state index < -0.39 is 0 Å². The lowest BCUT2D eigenvalue weighted by Crippen LogP contribution is -2.19. The van der Waals surface area contributed by atoms with Gasteiger partial charge in [0.15, 0.2) is 0 Å². The average molecular weight is 377 g/mol. The molecular weight excluding hydrogens is 356 g/mol. The van der Waals surface area contributed by atoms with Crippen LogP contribution in [0.1, 0.15) is 25.0 Å². The van der Waals surface area contributed by atoms with Gasteiger partial charge in [0.25, 0.3) is 0 Å². The molecule has 4 nitrogen and oxygen atoms in total. The first-order valence-corrected chi connectivity index (χ1v) is 9.47. The third kappa shape index (κ3) is 7.63. The van der Waals surface area contributed by atoms with Gasteiger partial charge in [-0.1, -0.05) is 23.7 Å². The molecule has 0 saturated heterocycles. The van der Waals surface area contributed by atoms with Crippen molar-refractivity contribution in [3.63, 3.8) is 0 Å². The van der Waals surface area contributed by atoms with Crippen molar-refractivity contribution in [2.24, 2.45) is 5.10 Å². The molecule has 2 aromatic carbocycles. The first-order valence-electron chi connectivity index (χ1n) is 7.94. The fraction of sp³-hybridized carbons (Fsp3) is 0.263. The van der Waals surface area contributed by atoms with E-state index in [0.717, 1.165) is 22.6 Å². The van der Waals surface area contributed by atoms with E-state index >= 15 is 0 Å². The molecular formula is C19H21ClN2O2S. The fourth-order valence-corrected chi connectivity index (χ4v) is 2.86. The number of hydrogen-bond donors (Lipinski definition) is 1. The van der Waals surface area contributed by atoms with Crippen LogP contribution in [0.4, 0.5) is 0 Å². The van der Waals surface area contributed by atoms with Gasteiger partial charge in [0.1, 0.15) is 5.75 Å². The Morgan fingerprint density at radius 3 is 2.52 bits per heavy atom. The second-order valence-electron chi connectivity index (χ2n) is 5.65. The first-order chi connectivity index (χ1) is 12.0. The molecule has 2 aromatic rings. The summed E-state index contributed by atoms with van der Waals surface area (Å²) in [4.78, 5) is 11.8. The van der Waals surface area contributed by atoms with E-state index in [1.54, 1.807) is 6.21 Å². The molecule has 0 aliphatic heterocycles. The second kappa shape index (κ2) is 10.1. The van der Waals surface area contributed by atoms with E-state index in [1.165, 1.54) is 11.8 Å². The Balaban J connectivity index is 1.70. The lowest BCUT2D eigenvalue weighted by Gasteiger charge is -2.09. The number of hydrogen-bond acceptors (Lipinski definition) is 4. The molecule has 6 heteroatoms. The maximum Gasteiger partial charge on any atom is 0.250 e. The molecule has 0 heterocycles. The smallest absolute Gasteiger partial charge is 0.250 e. The van der Waals surface area contributed by atoms with E-state index in [4.69, 9.17) is 16.3 Å². The summed E-state index contributed by atoms with van der Waals surface area (Å²) in [6.07, 6.45) is 1.75. The Bertz CT molecular complexity index is 700. The maximum absolute atomic E-state index is 11.8. The zero-order valence-electron chi connectivity index (χ0n) is 14.2. The van der Waals surface area contributed by atoms with Gasteiger partial charge in [-0.05, 0) is 61.4 Å². The molecule has 25 heavy (non-hydrogen) atoms. The topological polar surface area (TPSA) is 50.7 Å². The Hall–Kier alpha value is -1.98. The Kier molecular flexibility index (Phi) is 7.82. The number of nitrogens with zero attached hydrogens (tertiary/aromatic N) is 1. The highest BCUT2D eigenvalue weighted by Crippen LogP contribution is 2.15. The lowest BCUT2D eigenvalue weighted by atomic mass is 10.2. The van der Waals surface area contributed by atoms with Crippen molar-refractivity contribution >= 4 is 35.5 Å². The number of benzene rings is 2. The minimum Gasteiger partial charge on any atom is -0.491 e. The number of nitrogens with one attached hydrogen (secondary N) is 1. The molecule has 0 spiro atoms. The summed E-state index contributed by atoms with van der Waals surface area (Å²) >= 11 is 7.37. The Morgan fingerprint density at radius 1 is 1.20 bits per heavy atom. The van der Waals surface area contributed by atoms with Gasteiger partial charge in [-0.3, -0.25) is 4.79 Å². The van der Waals surface area contributed by atoms with Crippen molar-refractivity contribution in [1.82, 2.24) is 5.43 Å². The van der Waals surface area contributed by atoms with Crippen LogP contribution in [0.2, 0.25) is 5.02 Å². The quantitative estimate of drug-likeness (QED) is 0.544. The molecule has 0 fully saturated rings. The molecule has 132 valence electrons. The zero-order chi connectivity index (χ0) is 18.1. The molecule has 1 amide bonds. The summed E-state index contributed by atoms with van der Waals surface area (Å²) in [5, 5.41) is 4.69. The van der Waals surface area contributed by atoms with Crippen molar-refractivity contribution in [2.75, 3.05) is 5.75 Å². The van der Waals surface area contributed by atoms with E-state index in [-0.39, 0.29) is 12.0 Å². The largest absolute Gasteiger partial charge is 0.491 e. The van der Waals surface area contributed by atoms with Gasteiger partial charge in [0.2, 0.25) is 5.91 Å². The third-order valence-corrected chi connectivity index (χ3v) is 4.33. The number of carbonyl (C=O) groups is 1. The maximum atomic E-state index is 11.8. The molecule has 2 rings (SSSR count). The van der Waals surface area contributed by atoms with Gasteiger partial charge < -0.3 is 4.74 Å². The van der Waals surface area contributed by atoms with Gasteiger partial charge in [0, 0.05) is 10.8 Å². The molecule has 0 atom stereocenters. The van der Waals surface area contributed by atoms with E-state index in [0.29, 0.717) is 10.8 Å². The summed E-state index contributed by atoms with van der Waals surface area (Å²) in [7, 11) is 0. The van der Waals surface area contributed by atoms with Crippen LogP contribution >= 0.6 is 23.4 Å². The standard InChI is InChI=1S/C19H21ClN2O2S/c1-14(2)24-18-9-5-15(6-10-18)11-21-22-19(23)13-25-12-16-3-7-17(20)8-4-16/h3-11,14H,12-13H2,1-2H3,(H,22,23)/b21-11-. The van der Waals surface area contributed by atoms with Gasteiger partial charge in [0.05, 0.1) is 18.1 Å². The van der Waals surface area contributed by atoms with Gasteiger partial charge in [-0.15, -0.1) is 11.8 Å². The number of ether oxygens (including phenoxy) is 1. The van der Waals surface area contributed by atoms with Crippen LogP contribution in [-0.4, -0.2) is 24.0 Å². The van der Waals surface area contributed by atoms with Gasteiger partial charge >= 0.3 is 0 Å². The lowest BCUT2D eigenvalue weighted by molar-refractivity contribution is -0.118. The molecule has 0 unspecified atom stereocenters. The summed E-state index contributed by atoms with van der Waals surface area (Å²) in [5.74, 6) is 1.79. The third-order valence-electron chi connectivity index (χ3n) is 3.07. The van der Waals surface area contributed by atoms with E-state index in [2.05, 4.69) is 10.5 Å². The highest BCUT2D eigenvalue weighted by Gasteiger charge is 2.01. The van der Waals surface area contributed by atoms with Crippen LogP contribution in [0, 0.1) is 0 Å². The minimum absolute atomic E-state index is 0.130. The average Bonchev–Trinajstić information content (AvgIpc) is 2.58. The number of carbonyl (C=O) groups excluding carboxylic acids is 1. The number of thioether (sulfide) groups is 1. The van der Waals surface area contributed by atoms with Crippen LogP contribution in [0.3, 0.4) is 0 Å². The summed E-state index contributed by atoms with van der Waals surface area (Å²) < 4.78 is 5.57. The predicted molar refractivity (Wildman–Crippen MR) is 106 cm³/mol. The molecule has 0 bridgehead atoms. The summed E-state index contributed by atoms with van der Waals surface area (Å²) in [5.41, 5.74) is 4.56. The number of halogens is 1. The summed E-state index contributed by atoms with van der Waals surface area (Å²) in [6.45, 7) is 3.96. The molecule has 0 aromatic heterocycles. The normalized spacial score (nSPS) is 11.0.